The van der Waals surface area contributed by atoms with Gasteiger partial charge in [-0.1, -0.05) is 11.8 Å². The molecule has 0 N–H and O–H groups in total. The van der Waals surface area contributed by atoms with Gasteiger partial charge in [0, 0.05) is 32.4 Å². The number of morpholine rings is 1. The number of nitrogens with zero attached hydrogens (tertiary/aromatic N) is 7. The third kappa shape index (κ3) is 2.66. The van der Waals surface area contributed by atoms with Crippen molar-refractivity contribution in [3.8, 4) is 11.4 Å². The highest BCUT2D eigenvalue weighted by atomic mass is 32.2. The van der Waals surface area contributed by atoms with Crippen molar-refractivity contribution < 1.29 is 4.74 Å². The highest BCUT2D eigenvalue weighted by molar-refractivity contribution is 7.98. The van der Waals surface area contributed by atoms with Crippen LogP contribution in [0.4, 0.5) is 5.95 Å². The van der Waals surface area contributed by atoms with Crippen molar-refractivity contribution >= 4 is 23.4 Å². The van der Waals surface area contributed by atoms with E-state index in [1.807, 2.05) is 31.6 Å². The van der Waals surface area contributed by atoms with Crippen LogP contribution in [-0.2, 0) is 11.8 Å². The molecular weight excluding hydrogens is 314 g/mol. The first-order valence-electron chi connectivity index (χ1n) is 7.39. The summed E-state index contributed by atoms with van der Waals surface area (Å²) < 4.78 is 9.00. The molecule has 0 radical (unpaired) electrons. The number of aryl methyl sites for hydroxylation is 1. The quantitative estimate of drug-likeness (QED) is 0.665. The van der Waals surface area contributed by atoms with Crippen LogP contribution in [0.15, 0.2) is 23.5 Å². The zero-order valence-electron chi connectivity index (χ0n) is 13.0. The largest absolute Gasteiger partial charge is 0.378 e. The Kier molecular flexibility index (Phi) is 3.66. The molecule has 4 rings (SSSR count). The van der Waals surface area contributed by atoms with Gasteiger partial charge in [0.15, 0.2) is 10.8 Å². The fraction of sp³-hybridized carbons (Fsp3) is 0.429. The Morgan fingerprint density at radius 3 is 2.65 bits per heavy atom. The summed E-state index contributed by atoms with van der Waals surface area (Å²) in [5.74, 6) is 0.810. The third-order valence-electron chi connectivity index (χ3n) is 3.74. The molecule has 0 aromatic carbocycles. The lowest BCUT2D eigenvalue weighted by Gasteiger charge is -2.27. The minimum Gasteiger partial charge on any atom is -0.378 e. The molecule has 0 spiro atoms. The highest BCUT2D eigenvalue weighted by Gasteiger charge is 2.20. The predicted octanol–water partition coefficient (Wildman–Crippen LogP) is 1.08. The van der Waals surface area contributed by atoms with Crippen LogP contribution in [-0.4, -0.2) is 61.9 Å². The maximum atomic E-state index is 5.43. The molecule has 1 aliphatic rings. The average Bonchev–Trinajstić information content (AvgIpc) is 3.20. The van der Waals surface area contributed by atoms with Crippen molar-refractivity contribution in [3.05, 3.63) is 18.3 Å². The molecule has 23 heavy (non-hydrogen) atoms. The summed E-state index contributed by atoms with van der Waals surface area (Å²) in [5, 5.41) is 9.83. The van der Waals surface area contributed by atoms with Crippen LogP contribution >= 0.6 is 11.8 Å². The van der Waals surface area contributed by atoms with E-state index in [0.717, 1.165) is 41.2 Å². The summed E-state index contributed by atoms with van der Waals surface area (Å²) in [6.07, 6.45) is 3.88. The van der Waals surface area contributed by atoms with Gasteiger partial charge < -0.3 is 9.64 Å². The van der Waals surface area contributed by atoms with Crippen molar-refractivity contribution in [2.75, 3.05) is 37.5 Å². The molecule has 9 heteroatoms. The summed E-state index contributed by atoms with van der Waals surface area (Å²) in [6.45, 7) is 3.01. The van der Waals surface area contributed by atoms with E-state index in [2.05, 4.69) is 25.1 Å². The Labute approximate surface area is 137 Å². The maximum Gasteiger partial charge on any atom is 0.231 e. The summed E-state index contributed by atoms with van der Waals surface area (Å²) >= 11 is 1.53. The molecule has 0 unspecified atom stereocenters. The lowest BCUT2D eigenvalue weighted by Crippen LogP contribution is -2.38. The van der Waals surface area contributed by atoms with E-state index in [4.69, 9.17) is 4.74 Å². The van der Waals surface area contributed by atoms with Crippen LogP contribution in [0.3, 0.4) is 0 Å². The molecule has 120 valence electrons. The zero-order chi connectivity index (χ0) is 15.8. The summed E-state index contributed by atoms with van der Waals surface area (Å²) in [5.41, 5.74) is 2.41. The van der Waals surface area contributed by atoms with Gasteiger partial charge >= 0.3 is 0 Å². The first kappa shape index (κ1) is 14.5. The maximum absolute atomic E-state index is 5.43. The summed E-state index contributed by atoms with van der Waals surface area (Å²) in [6, 6.07) is 3.90. The number of fused-ring (bicyclic) bond motifs is 1. The molecular formula is C14H17N7OS. The van der Waals surface area contributed by atoms with Gasteiger partial charge in [-0.05, 0) is 12.3 Å². The number of anilines is 1. The van der Waals surface area contributed by atoms with Gasteiger partial charge in [0.25, 0.3) is 0 Å². The van der Waals surface area contributed by atoms with Crippen LogP contribution in [0, 0.1) is 0 Å². The molecule has 1 aliphatic heterocycles. The normalized spacial score (nSPS) is 15.5. The molecule has 0 aliphatic carbocycles. The van der Waals surface area contributed by atoms with E-state index < -0.39 is 0 Å². The first-order valence-corrected chi connectivity index (χ1v) is 8.61. The topological polar surface area (TPSA) is 73.4 Å². The van der Waals surface area contributed by atoms with Crippen LogP contribution < -0.4 is 4.90 Å². The SMILES string of the molecule is CSc1nc(N2CCOCC2)n2nc(-c3ccn(C)n3)cc2n1. The molecule has 3 aromatic heterocycles. The minimum atomic E-state index is 0.703. The van der Waals surface area contributed by atoms with Crippen molar-refractivity contribution in [1.82, 2.24) is 29.4 Å². The van der Waals surface area contributed by atoms with E-state index >= 15 is 0 Å². The summed E-state index contributed by atoms with van der Waals surface area (Å²) in [7, 11) is 1.89. The van der Waals surface area contributed by atoms with E-state index in [1.54, 1.807) is 9.20 Å². The van der Waals surface area contributed by atoms with Gasteiger partial charge in [0.05, 0.1) is 13.2 Å². The smallest absolute Gasteiger partial charge is 0.231 e. The molecule has 3 aromatic rings. The fourth-order valence-corrected chi connectivity index (χ4v) is 2.95. The van der Waals surface area contributed by atoms with Crippen molar-refractivity contribution in [2.24, 2.45) is 7.05 Å². The second-order valence-corrected chi connectivity index (χ2v) is 6.06. The molecule has 8 nitrogen and oxygen atoms in total. The van der Waals surface area contributed by atoms with Gasteiger partial charge in [-0.25, -0.2) is 4.98 Å². The second-order valence-electron chi connectivity index (χ2n) is 5.28. The number of ether oxygens (including phenoxy) is 1. The minimum absolute atomic E-state index is 0.703. The Morgan fingerprint density at radius 1 is 1.13 bits per heavy atom. The van der Waals surface area contributed by atoms with Gasteiger partial charge in [0.1, 0.15) is 11.4 Å². The van der Waals surface area contributed by atoms with Gasteiger partial charge in [-0.15, -0.1) is 0 Å². The average molecular weight is 331 g/mol. The Bertz CT molecular complexity index is 837. The van der Waals surface area contributed by atoms with E-state index in [9.17, 15) is 0 Å². The number of rotatable bonds is 3. The number of hydrogen-bond acceptors (Lipinski definition) is 7. The lowest BCUT2D eigenvalue weighted by molar-refractivity contribution is 0.121. The number of thioether (sulfide) groups is 1. The van der Waals surface area contributed by atoms with Crippen LogP contribution in [0.2, 0.25) is 0 Å². The summed E-state index contributed by atoms with van der Waals surface area (Å²) in [4.78, 5) is 11.4. The Morgan fingerprint density at radius 2 is 1.96 bits per heavy atom. The van der Waals surface area contributed by atoms with Crippen molar-refractivity contribution in [2.45, 2.75) is 5.16 Å². The molecule has 1 fully saturated rings. The molecule has 0 bridgehead atoms. The van der Waals surface area contributed by atoms with Crippen molar-refractivity contribution in [1.29, 1.82) is 0 Å². The molecule has 1 saturated heterocycles. The second kappa shape index (κ2) is 5.82. The predicted molar refractivity (Wildman–Crippen MR) is 87.8 cm³/mol. The highest BCUT2D eigenvalue weighted by Crippen LogP contribution is 2.23. The first-order chi connectivity index (χ1) is 11.2. The van der Waals surface area contributed by atoms with E-state index in [0.29, 0.717) is 13.2 Å². The van der Waals surface area contributed by atoms with Crippen LogP contribution in [0.1, 0.15) is 0 Å². The van der Waals surface area contributed by atoms with E-state index in [-0.39, 0.29) is 0 Å². The molecule has 4 heterocycles. The van der Waals surface area contributed by atoms with Gasteiger partial charge in [0.2, 0.25) is 5.95 Å². The lowest BCUT2D eigenvalue weighted by atomic mass is 10.3. The number of hydrogen-bond donors (Lipinski definition) is 0. The van der Waals surface area contributed by atoms with Crippen LogP contribution in [0.5, 0.6) is 0 Å². The van der Waals surface area contributed by atoms with Crippen molar-refractivity contribution in [3.63, 3.8) is 0 Å². The fourth-order valence-electron chi connectivity index (χ4n) is 2.59. The van der Waals surface area contributed by atoms with Gasteiger partial charge in [-0.2, -0.15) is 19.7 Å². The molecule has 0 saturated carbocycles. The Hall–Kier alpha value is -2.13. The molecule has 0 atom stereocenters. The number of aromatic nitrogens is 6. The van der Waals surface area contributed by atoms with E-state index in [1.165, 1.54) is 11.8 Å². The van der Waals surface area contributed by atoms with Crippen LogP contribution in [0.25, 0.3) is 17.0 Å². The monoisotopic (exact) mass is 331 g/mol. The third-order valence-corrected chi connectivity index (χ3v) is 4.29. The Balaban J connectivity index is 1.84. The standard InChI is InChI=1S/C14H17N7OS/c1-19-4-3-10(17-19)11-9-12-15-13(23-2)16-14(21(12)18-11)20-5-7-22-8-6-20/h3-4,9H,5-8H2,1-2H3. The van der Waals surface area contributed by atoms with Gasteiger partial charge in [-0.3, -0.25) is 4.68 Å². The zero-order valence-corrected chi connectivity index (χ0v) is 13.8. The molecule has 0 amide bonds.